The number of aromatic nitrogens is 1. The maximum Gasteiger partial charge on any atom is 0.434 e. The number of alkyl halides is 3. The lowest BCUT2D eigenvalue weighted by Crippen LogP contribution is -2.45. The number of carbonyl (C=O) groups is 1. The van der Waals surface area contributed by atoms with Crippen LogP contribution in [0.2, 0.25) is 0 Å². The van der Waals surface area contributed by atoms with Crippen molar-refractivity contribution in [2.75, 3.05) is 33.2 Å². The number of amides is 1. The summed E-state index contributed by atoms with van der Waals surface area (Å²) >= 11 is 0.981. The summed E-state index contributed by atoms with van der Waals surface area (Å²) in [5.74, 6) is 0.498. The number of ether oxygens (including phenoxy) is 1. The minimum absolute atomic E-state index is 0.349. The van der Waals surface area contributed by atoms with Gasteiger partial charge in [-0.15, -0.1) is 11.3 Å². The molecule has 0 spiro atoms. The SMILES string of the molecule is CCCN(CCNC(=NC)NCCc1nc(C(F)(F)F)cs1)C(=O)OC(C)(C)C. The van der Waals surface area contributed by atoms with E-state index < -0.39 is 17.5 Å². The number of thiazole rings is 1. The van der Waals surface area contributed by atoms with Crippen LogP contribution in [-0.4, -0.2) is 60.8 Å². The molecule has 0 bridgehead atoms. The monoisotopic (exact) mass is 437 g/mol. The van der Waals surface area contributed by atoms with E-state index in [0.717, 1.165) is 23.1 Å². The zero-order valence-corrected chi connectivity index (χ0v) is 18.3. The number of carbonyl (C=O) groups excluding carboxylic acids is 1. The predicted octanol–water partition coefficient (Wildman–Crippen LogP) is 3.52. The molecule has 0 unspecified atom stereocenters. The van der Waals surface area contributed by atoms with Crippen molar-refractivity contribution < 1.29 is 22.7 Å². The Balaban J connectivity index is 2.42. The smallest absolute Gasteiger partial charge is 0.434 e. The van der Waals surface area contributed by atoms with E-state index in [2.05, 4.69) is 20.6 Å². The van der Waals surface area contributed by atoms with Crippen molar-refractivity contribution in [3.8, 4) is 0 Å². The lowest BCUT2D eigenvalue weighted by molar-refractivity contribution is -0.140. The molecule has 0 saturated carbocycles. The highest BCUT2D eigenvalue weighted by Gasteiger charge is 2.33. The quantitative estimate of drug-likeness (QED) is 0.481. The molecule has 0 fully saturated rings. The molecule has 29 heavy (non-hydrogen) atoms. The summed E-state index contributed by atoms with van der Waals surface area (Å²) in [6.07, 6.45) is -3.63. The van der Waals surface area contributed by atoms with Gasteiger partial charge in [0.05, 0.1) is 5.01 Å². The second-order valence-corrected chi connectivity index (χ2v) is 8.21. The summed E-state index contributed by atoms with van der Waals surface area (Å²) in [6.45, 7) is 9.29. The Bertz CT molecular complexity index is 671. The minimum atomic E-state index is -4.42. The fourth-order valence-electron chi connectivity index (χ4n) is 2.26. The summed E-state index contributed by atoms with van der Waals surface area (Å²) in [7, 11) is 1.60. The van der Waals surface area contributed by atoms with E-state index in [1.807, 2.05) is 27.7 Å². The van der Waals surface area contributed by atoms with Gasteiger partial charge in [0, 0.05) is 45.0 Å². The number of nitrogens with zero attached hydrogens (tertiary/aromatic N) is 3. The first kappa shape index (κ1) is 25.0. The molecule has 166 valence electrons. The zero-order chi connectivity index (χ0) is 22.1. The molecule has 1 heterocycles. The van der Waals surface area contributed by atoms with Gasteiger partial charge in [-0.2, -0.15) is 13.2 Å². The largest absolute Gasteiger partial charge is 0.444 e. The maximum atomic E-state index is 12.6. The van der Waals surface area contributed by atoms with Crippen molar-refractivity contribution in [2.24, 2.45) is 4.99 Å². The van der Waals surface area contributed by atoms with Crippen LogP contribution in [0.15, 0.2) is 10.4 Å². The topological polar surface area (TPSA) is 78.9 Å². The van der Waals surface area contributed by atoms with Crippen molar-refractivity contribution in [3.63, 3.8) is 0 Å². The Kier molecular flexibility index (Phi) is 9.67. The van der Waals surface area contributed by atoms with Gasteiger partial charge < -0.3 is 20.3 Å². The van der Waals surface area contributed by atoms with Crippen molar-refractivity contribution in [3.05, 3.63) is 16.1 Å². The molecule has 0 aromatic carbocycles. The molecule has 11 heteroatoms. The van der Waals surface area contributed by atoms with Crippen molar-refractivity contribution in [2.45, 2.75) is 52.3 Å². The Hall–Kier alpha value is -2.04. The second-order valence-electron chi connectivity index (χ2n) is 7.27. The number of rotatable bonds is 8. The Morgan fingerprint density at radius 3 is 2.41 bits per heavy atom. The lowest BCUT2D eigenvalue weighted by Gasteiger charge is -2.27. The summed E-state index contributed by atoms with van der Waals surface area (Å²) in [5, 5.41) is 7.53. The fraction of sp³-hybridized carbons (Fsp3) is 0.722. The lowest BCUT2D eigenvalue weighted by atomic mass is 10.2. The Morgan fingerprint density at radius 1 is 1.24 bits per heavy atom. The van der Waals surface area contributed by atoms with E-state index in [9.17, 15) is 18.0 Å². The first-order valence-electron chi connectivity index (χ1n) is 9.40. The third-order valence-electron chi connectivity index (χ3n) is 3.52. The molecule has 1 aromatic rings. The minimum Gasteiger partial charge on any atom is -0.444 e. The van der Waals surface area contributed by atoms with Gasteiger partial charge in [0.25, 0.3) is 0 Å². The van der Waals surface area contributed by atoms with Crippen LogP contribution in [0.5, 0.6) is 0 Å². The van der Waals surface area contributed by atoms with Gasteiger partial charge in [0.2, 0.25) is 0 Å². The van der Waals surface area contributed by atoms with Crippen LogP contribution < -0.4 is 10.6 Å². The van der Waals surface area contributed by atoms with Gasteiger partial charge in [-0.1, -0.05) is 6.92 Å². The third-order valence-corrected chi connectivity index (χ3v) is 4.43. The van der Waals surface area contributed by atoms with Gasteiger partial charge in [0.1, 0.15) is 5.60 Å². The molecule has 1 rings (SSSR count). The van der Waals surface area contributed by atoms with Crippen LogP contribution in [-0.2, 0) is 17.3 Å². The summed E-state index contributed by atoms with van der Waals surface area (Å²) in [6, 6.07) is 0. The summed E-state index contributed by atoms with van der Waals surface area (Å²) in [5.41, 5.74) is -1.42. The van der Waals surface area contributed by atoms with E-state index in [-0.39, 0.29) is 6.09 Å². The molecule has 1 aromatic heterocycles. The average molecular weight is 438 g/mol. The number of nitrogens with one attached hydrogen (secondary N) is 2. The molecule has 0 aliphatic heterocycles. The highest BCUT2D eigenvalue weighted by molar-refractivity contribution is 7.09. The maximum absolute atomic E-state index is 12.6. The molecular weight excluding hydrogens is 407 g/mol. The summed E-state index contributed by atoms with van der Waals surface area (Å²) < 4.78 is 43.1. The molecule has 2 N–H and O–H groups in total. The van der Waals surface area contributed by atoms with Crippen molar-refractivity contribution >= 4 is 23.4 Å². The number of aliphatic imine (C=N–C) groups is 1. The number of halogens is 3. The van der Waals surface area contributed by atoms with Crippen LogP contribution >= 0.6 is 11.3 Å². The molecule has 7 nitrogen and oxygen atoms in total. The standard InChI is InChI=1S/C18H30F3N5O2S/c1-6-10-26(16(27)28-17(2,3)4)11-9-24-15(22-5)23-8-7-14-25-13(12-29-14)18(19,20)21/h12H,6-11H2,1-5H3,(H2,22,23,24). The van der Waals surface area contributed by atoms with Gasteiger partial charge in [-0.25, -0.2) is 9.78 Å². The van der Waals surface area contributed by atoms with Crippen LogP contribution in [0.1, 0.15) is 44.8 Å². The van der Waals surface area contributed by atoms with E-state index in [1.165, 1.54) is 0 Å². The molecule has 1 amide bonds. The van der Waals surface area contributed by atoms with E-state index in [0.29, 0.717) is 43.6 Å². The molecule has 0 saturated heterocycles. The van der Waals surface area contributed by atoms with E-state index >= 15 is 0 Å². The van der Waals surface area contributed by atoms with Crippen LogP contribution in [0.4, 0.5) is 18.0 Å². The summed E-state index contributed by atoms with van der Waals surface area (Å²) in [4.78, 5) is 21.5. The second kappa shape index (κ2) is 11.2. The number of hydrogen-bond acceptors (Lipinski definition) is 5. The molecule has 0 aliphatic rings. The predicted molar refractivity (Wildman–Crippen MR) is 108 cm³/mol. The highest BCUT2D eigenvalue weighted by Crippen LogP contribution is 2.29. The van der Waals surface area contributed by atoms with Crippen LogP contribution in [0, 0.1) is 0 Å². The molecule has 0 radical (unpaired) electrons. The van der Waals surface area contributed by atoms with Gasteiger partial charge in [-0.3, -0.25) is 4.99 Å². The Morgan fingerprint density at radius 2 is 1.90 bits per heavy atom. The number of hydrogen-bond donors (Lipinski definition) is 2. The zero-order valence-electron chi connectivity index (χ0n) is 17.5. The van der Waals surface area contributed by atoms with E-state index in [1.54, 1.807) is 11.9 Å². The highest BCUT2D eigenvalue weighted by atomic mass is 32.1. The van der Waals surface area contributed by atoms with Crippen molar-refractivity contribution in [1.82, 2.24) is 20.5 Å². The van der Waals surface area contributed by atoms with E-state index in [4.69, 9.17) is 4.74 Å². The average Bonchev–Trinajstić information content (AvgIpc) is 3.07. The Labute approximate surface area is 173 Å². The third kappa shape index (κ3) is 9.82. The van der Waals surface area contributed by atoms with Gasteiger partial charge >= 0.3 is 12.3 Å². The molecule has 0 aliphatic carbocycles. The van der Waals surface area contributed by atoms with Crippen molar-refractivity contribution in [1.29, 1.82) is 0 Å². The first-order valence-corrected chi connectivity index (χ1v) is 10.3. The number of guanidine groups is 1. The van der Waals surface area contributed by atoms with Crippen LogP contribution in [0.25, 0.3) is 0 Å². The van der Waals surface area contributed by atoms with Gasteiger partial charge in [0.15, 0.2) is 11.7 Å². The molecule has 0 atom stereocenters. The fourth-order valence-corrected chi connectivity index (χ4v) is 3.07. The van der Waals surface area contributed by atoms with Gasteiger partial charge in [-0.05, 0) is 27.2 Å². The molecular formula is C18H30F3N5O2S. The van der Waals surface area contributed by atoms with Crippen LogP contribution in [0.3, 0.4) is 0 Å². The first-order chi connectivity index (χ1) is 13.5. The normalized spacial score (nSPS) is 12.6.